The molecule has 4 heteroatoms. The van der Waals surface area contributed by atoms with Gasteiger partial charge in [-0.1, -0.05) is 29.8 Å². The van der Waals surface area contributed by atoms with Gasteiger partial charge < -0.3 is 10.1 Å². The largest absolute Gasteiger partial charge is 0.489 e. The summed E-state index contributed by atoms with van der Waals surface area (Å²) in [7, 11) is 0. The molecule has 0 radical (unpaired) electrons. The zero-order valence-corrected chi connectivity index (χ0v) is 12.6. The van der Waals surface area contributed by atoms with E-state index in [4.69, 9.17) is 4.74 Å². The van der Waals surface area contributed by atoms with Crippen LogP contribution in [0.2, 0.25) is 0 Å². The molecule has 0 aromatic heterocycles. The summed E-state index contributed by atoms with van der Waals surface area (Å²) in [4.78, 5) is 0. The summed E-state index contributed by atoms with van der Waals surface area (Å²) < 4.78 is 7.16. The number of ether oxygens (including phenoxy) is 1. The van der Waals surface area contributed by atoms with E-state index in [1.807, 2.05) is 6.07 Å². The average molecular weight is 321 g/mol. The van der Waals surface area contributed by atoms with Gasteiger partial charge >= 0.3 is 0 Å². The molecule has 1 heterocycles. The lowest BCUT2D eigenvalue weighted by Crippen LogP contribution is -2.20. The van der Waals surface area contributed by atoms with Crippen molar-refractivity contribution in [2.24, 2.45) is 0 Å². The Morgan fingerprint density at radius 3 is 2.76 bits per heavy atom. The molecule has 17 heavy (non-hydrogen) atoms. The Balaban J connectivity index is 0.00000144. The van der Waals surface area contributed by atoms with E-state index >= 15 is 0 Å². The Morgan fingerprint density at radius 1 is 1.41 bits per heavy atom. The molecule has 2 nitrogen and oxygen atoms in total. The summed E-state index contributed by atoms with van der Waals surface area (Å²) >= 11 is 3.51. The minimum Gasteiger partial charge on any atom is -0.489 e. The Hall–Kier alpha value is -0.250. The third-order valence-corrected chi connectivity index (χ3v) is 3.40. The Morgan fingerprint density at radius 2 is 2.18 bits per heavy atom. The highest BCUT2D eigenvalue weighted by Gasteiger charge is 2.18. The standard InChI is InChI=1S/C13H18BrNO.ClH/c1-9(2)12-7-10(14)3-4-13(12)16-11-5-6-15-8-11;/h3-4,7,9,11,15H,5-6,8H2,1-2H3;1H. The van der Waals surface area contributed by atoms with Crippen LogP contribution in [-0.2, 0) is 0 Å². The third-order valence-electron chi connectivity index (χ3n) is 2.90. The Kier molecular flexibility index (Phi) is 5.77. The van der Waals surface area contributed by atoms with Crippen molar-refractivity contribution < 1.29 is 4.74 Å². The van der Waals surface area contributed by atoms with Crippen molar-refractivity contribution in [1.82, 2.24) is 5.32 Å². The molecule has 1 aliphatic rings. The van der Waals surface area contributed by atoms with Crippen LogP contribution in [0.1, 0.15) is 31.7 Å². The van der Waals surface area contributed by atoms with E-state index in [0.29, 0.717) is 12.0 Å². The van der Waals surface area contributed by atoms with Crippen LogP contribution >= 0.6 is 28.3 Å². The van der Waals surface area contributed by atoms with Crippen molar-refractivity contribution in [2.75, 3.05) is 13.1 Å². The van der Waals surface area contributed by atoms with E-state index in [1.165, 1.54) is 5.56 Å². The zero-order chi connectivity index (χ0) is 11.5. The fourth-order valence-electron chi connectivity index (χ4n) is 1.99. The van der Waals surface area contributed by atoms with Gasteiger partial charge in [-0.05, 0) is 42.6 Å². The molecule has 0 saturated carbocycles. The highest BCUT2D eigenvalue weighted by atomic mass is 79.9. The summed E-state index contributed by atoms with van der Waals surface area (Å²) in [6.07, 6.45) is 1.44. The van der Waals surface area contributed by atoms with Gasteiger partial charge in [0.05, 0.1) is 0 Å². The van der Waals surface area contributed by atoms with Crippen LogP contribution in [0.4, 0.5) is 0 Å². The molecule has 2 rings (SSSR count). The molecule has 1 aromatic carbocycles. The highest BCUT2D eigenvalue weighted by Crippen LogP contribution is 2.30. The zero-order valence-electron chi connectivity index (χ0n) is 10.2. The van der Waals surface area contributed by atoms with E-state index < -0.39 is 0 Å². The third kappa shape index (κ3) is 3.87. The van der Waals surface area contributed by atoms with Crippen LogP contribution < -0.4 is 10.1 Å². The monoisotopic (exact) mass is 319 g/mol. The molecule has 1 N–H and O–H groups in total. The average Bonchev–Trinajstić information content (AvgIpc) is 2.73. The number of hydrogen-bond acceptors (Lipinski definition) is 2. The van der Waals surface area contributed by atoms with E-state index in [0.717, 1.165) is 29.7 Å². The topological polar surface area (TPSA) is 21.3 Å². The van der Waals surface area contributed by atoms with Gasteiger partial charge in [0.1, 0.15) is 11.9 Å². The first-order valence-corrected chi connectivity index (χ1v) is 6.63. The molecule has 1 aliphatic heterocycles. The minimum atomic E-state index is 0. The first-order valence-electron chi connectivity index (χ1n) is 5.83. The quantitative estimate of drug-likeness (QED) is 0.916. The van der Waals surface area contributed by atoms with Gasteiger partial charge in [-0.25, -0.2) is 0 Å². The number of hydrogen-bond donors (Lipinski definition) is 1. The fraction of sp³-hybridized carbons (Fsp3) is 0.538. The van der Waals surface area contributed by atoms with E-state index in [-0.39, 0.29) is 12.4 Å². The summed E-state index contributed by atoms with van der Waals surface area (Å²) in [6, 6.07) is 6.27. The fourth-order valence-corrected chi connectivity index (χ4v) is 2.36. The molecule has 96 valence electrons. The van der Waals surface area contributed by atoms with Gasteiger partial charge in [0.2, 0.25) is 0 Å². The normalized spacial score (nSPS) is 19.2. The number of rotatable bonds is 3. The Labute approximate surface area is 118 Å². The van der Waals surface area contributed by atoms with E-state index in [1.54, 1.807) is 0 Å². The molecule has 0 amide bonds. The summed E-state index contributed by atoms with van der Waals surface area (Å²) in [5.74, 6) is 1.52. The molecule has 1 unspecified atom stereocenters. The SMILES string of the molecule is CC(C)c1cc(Br)ccc1OC1CCNC1.Cl. The molecule has 1 saturated heterocycles. The second-order valence-electron chi connectivity index (χ2n) is 4.57. The molecular formula is C13H19BrClNO. The van der Waals surface area contributed by atoms with Gasteiger partial charge in [-0.3, -0.25) is 0 Å². The lowest BCUT2D eigenvalue weighted by molar-refractivity contribution is 0.220. The Bertz CT molecular complexity index is 364. The number of nitrogens with one attached hydrogen (secondary N) is 1. The van der Waals surface area contributed by atoms with Crippen LogP contribution in [0.15, 0.2) is 22.7 Å². The summed E-state index contributed by atoms with van der Waals surface area (Å²) in [5.41, 5.74) is 1.28. The van der Waals surface area contributed by atoms with Crippen molar-refractivity contribution in [3.8, 4) is 5.75 Å². The summed E-state index contributed by atoms with van der Waals surface area (Å²) in [6.45, 7) is 6.43. The van der Waals surface area contributed by atoms with Crippen LogP contribution in [0.5, 0.6) is 5.75 Å². The second kappa shape index (κ2) is 6.62. The predicted octanol–water partition coefficient (Wildman–Crippen LogP) is 3.74. The van der Waals surface area contributed by atoms with Gasteiger partial charge in [0.15, 0.2) is 0 Å². The van der Waals surface area contributed by atoms with Gasteiger partial charge in [0.25, 0.3) is 0 Å². The maximum atomic E-state index is 6.04. The van der Waals surface area contributed by atoms with Crippen LogP contribution in [0.3, 0.4) is 0 Å². The van der Waals surface area contributed by atoms with Crippen molar-refractivity contribution in [2.45, 2.75) is 32.3 Å². The lowest BCUT2D eigenvalue weighted by atomic mass is 10.0. The lowest BCUT2D eigenvalue weighted by Gasteiger charge is -2.18. The van der Waals surface area contributed by atoms with Crippen molar-refractivity contribution in [3.05, 3.63) is 28.2 Å². The van der Waals surface area contributed by atoms with E-state index in [2.05, 4.69) is 47.2 Å². The minimum absolute atomic E-state index is 0. The number of benzene rings is 1. The molecule has 1 fully saturated rings. The molecule has 1 atom stereocenters. The van der Waals surface area contributed by atoms with E-state index in [9.17, 15) is 0 Å². The van der Waals surface area contributed by atoms with Gasteiger partial charge in [-0.2, -0.15) is 0 Å². The molecule has 1 aromatic rings. The van der Waals surface area contributed by atoms with Crippen LogP contribution in [0, 0.1) is 0 Å². The molecular weight excluding hydrogens is 302 g/mol. The predicted molar refractivity (Wildman–Crippen MR) is 77.4 cm³/mol. The summed E-state index contributed by atoms with van der Waals surface area (Å²) in [5, 5.41) is 3.32. The first kappa shape index (κ1) is 14.8. The van der Waals surface area contributed by atoms with Gasteiger partial charge in [0, 0.05) is 11.0 Å². The molecule has 0 aliphatic carbocycles. The smallest absolute Gasteiger partial charge is 0.123 e. The molecule has 0 bridgehead atoms. The highest BCUT2D eigenvalue weighted by molar-refractivity contribution is 9.10. The van der Waals surface area contributed by atoms with Crippen molar-refractivity contribution in [3.63, 3.8) is 0 Å². The van der Waals surface area contributed by atoms with Gasteiger partial charge in [-0.15, -0.1) is 12.4 Å². The first-order chi connectivity index (χ1) is 7.66. The molecule has 0 spiro atoms. The van der Waals surface area contributed by atoms with Crippen LogP contribution in [-0.4, -0.2) is 19.2 Å². The van der Waals surface area contributed by atoms with Crippen molar-refractivity contribution in [1.29, 1.82) is 0 Å². The number of halogens is 2. The maximum absolute atomic E-state index is 6.04. The van der Waals surface area contributed by atoms with Crippen molar-refractivity contribution >= 4 is 28.3 Å². The second-order valence-corrected chi connectivity index (χ2v) is 5.49. The maximum Gasteiger partial charge on any atom is 0.123 e. The van der Waals surface area contributed by atoms with Crippen LogP contribution in [0.25, 0.3) is 0 Å².